The first-order valence-corrected chi connectivity index (χ1v) is 7.05. The van der Waals surface area contributed by atoms with Gasteiger partial charge in [-0.3, -0.25) is 10.1 Å². The Morgan fingerprint density at radius 2 is 1.90 bits per heavy atom. The Balaban J connectivity index is 2.26. The van der Waals surface area contributed by atoms with Crippen molar-refractivity contribution in [3.05, 3.63) is 33.9 Å². The van der Waals surface area contributed by atoms with Gasteiger partial charge in [-0.1, -0.05) is 13.8 Å². The largest absolute Gasteiger partial charge is 0.483 e. The van der Waals surface area contributed by atoms with Crippen LogP contribution in [0, 0.1) is 22.0 Å². The molecule has 2 atom stereocenters. The summed E-state index contributed by atoms with van der Waals surface area (Å²) >= 11 is 0. The predicted molar refractivity (Wildman–Crippen MR) is 76.7 cm³/mol. The number of carboxylic acid groups (broad SMARTS) is 1. The van der Waals surface area contributed by atoms with Crippen LogP contribution >= 0.6 is 0 Å². The molecule has 0 aliphatic heterocycles. The minimum atomic E-state index is -1.12. The number of rotatable bonds is 4. The van der Waals surface area contributed by atoms with E-state index >= 15 is 0 Å². The van der Waals surface area contributed by atoms with Gasteiger partial charge in [0.2, 0.25) is 0 Å². The zero-order valence-corrected chi connectivity index (χ0v) is 12.1. The lowest BCUT2D eigenvalue weighted by Crippen LogP contribution is -2.28. The minimum absolute atomic E-state index is 0.00694. The summed E-state index contributed by atoms with van der Waals surface area (Å²) in [5.41, 5.74) is -0.196. The lowest BCUT2D eigenvalue weighted by Gasteiger charge is -2.31. The molecule has 0 amide bonds. The number of hydrogen-bond donors (Lipinski definition) is 1. The molecule has 0 radical (unpaired) electrons. The van der Waals surface area contributed by atoms with E-state index in [9.17, 15) is 14.9 Å². The van der Waals surface area contributed by atoms with Gasteiger partial charge in [0.15, 0.2) is 5.75 Å². The summed E-state index contributed by atoms with van der Waals surface area (Å²) in [4.78, 5) is 21.5. The van der Waals surface area contributed by atoms with Crippen molar-refractivity contribution in [3.63, 3.8) is 0 Å². The SMILES string of the molecule is CC1CC(C)CC(Oc2cc(C(=O)O)ccc2[N+](=O)[O-])C1. The van der Waals surface area contributed by atoms with Crippen molar-refractivity contribution in [2.45, 2.75) is 39.2 Å². The summed E-state index contributed by atoms with van der Waals surface area (Å²) in [6.45, 7) is 4.27. The van der Waals surface area contributed by atoms with Crippen LogP contribution in [0.25, 0.3) is 0 Å². The van der Waals surface area contributed by atoms with Gasteiger partial charge in [0, 0.05) is 12.1 Å². The van der Waals surface area contributed by atoms with Crippen LogP contribution < -0.4 is 4.74 Å². The molecule has 1 saturated carbocycles. The van der Waals surface area contributed by atoms with E-state index in [2.05, 4.69) is 13.8 Å². The topological polar surface area (TPSA) is 89.7 Å². The molecule has 0 aromatic heterocycles. The smallest absolute Gasteiger partial charge is 0.335 e. The molecule has 1 fully saturated rings. The van der Waals surface area contributed by atoms with Crippen LogP contribution in [-0.2, 0) is 0 Å². The maximum absolute atomic E-state index is 11.1. The van der Waals surface area contributed by atoms with Crippen LogP contribution in [0.15, 0.2) is 18.2 Å². The highest BCUT2D eigenvalue weighted by atomic mass is 16.6. The number of nitro benzene ring substituents is 1. The lowest BCUT2D eigenvalue weighted by molar-refractivity contribution is -0.386. The number of carboxylic acids is 1. The second-order valence-corrected chi connectivity index (χ2v) is 5.90. The normalized spacial score (nSPS) is 25.3. The van der Waals surface area contributed by atoms with Crippen LogP contribution in [-0.4, -0.2) is 22.1 Å². The molecule has 1 aromatic rings. The van der Waals surface area contributed by atoms with E-state index in [0.29, 0.717) is 11.8 Å². The van der Waals surface area contributed by atoms with Gasteiger partial charge in [0.25, 0.3) is 0 Å². The van der Waals surface area contributed by atoms with Crippen molar-refractivity contribution in [2.75, 3.05) is 0 Å². The third kappa shape index (κ3) is 3.71. The van der Waals surface area contributed by atoms with Crippen molar-refractivity contribution in [1.82, 2.24) is 0 Å². The molecule has 1 aliphatic rings. The van der Waals surface area contributed by atoms with Crippen molar-refractivity contribution >= 4 is 11.7 Å². The second-order valence-electron chi connectivity index (χ2n) is 5.90. The molecule has 0 spiro atoms. The van der Waals surface area contributed by atoms with Gasteiger partial charge in [-0.15, -0.1) is 0 Å². The Labute approximate surface area is 122 Å². The molecule has 21 heavy (non-hydrogen) atoms. The van der Waals surface area contributed by atoms with E-state index in [0.717, 1.165) is 19.3 Å². The molecule has 0 heterocycles. The zero-order chi connectivity index (χ0) is 15.6. The van der Waals surface area contributed by atoms with Gasteiger partial charge in [-0.2, -0.15) is 0 Å². The van der Waals surface area contributed by atoms with Gasteiger partial charge in [-0.25, -0.2) is 4.79 Å². The highest BCUT2D eigenvalue weighted by molar-refractivity contribution is 5.88. The van der Waals surface area contributed by atoms with E-state index in [1.165, 1.54) is 18.2 Å². The predicted octanol–water partition coefficient (Wildman–Crippen LogP) is 3.50. The number of carbonyl (C=O) groups is 1. The summed E-state index contributed by atoms with van der Waals surface area (Å²) in [5.74, 6) is -0.0766. The third-order valence-corrected chi connectivity index (χ3v) is 3.83. The monoisotopic (exact) mass is 293 g/mol. The van der Waals surface area contributed by atoms with Crippen LogP contribution in [0.3, 0.4) is 0 Å². The first-order chi connectivity index (χ1) is 9.86. The number of ether oxygens (including phenoxy) is 1. The van der Waals surface area contributed by atoms with Crippen molar-refractivity contribution in [3.8, 4) is 5.75 Å². The second kappa shape index (κ2) is 6.11. The molecule has 1 aromatic carbocycles. The molecular weight excluding hydrogens is 274 g/mol. The molecule has 6 nitrogen and oxygen atoms in total. The third-order valence-electron chi connectivity index (χ3n) is 3.83. The molecule has 2 rings (SSSR count). The van der Waals surface area contributed by atoms with E-state index < -0.39 is 10.9 Å². The molecule has 0 bridgehead atoms. The molecule has 114 valence electrons. The Morgan fingerprint density at radius 3 is 2.43 bits per heavy atom. The van der Waals surface area contributed by atoms with Gasteiger partial charge in [-0.05, 0) is 37.2 Å². The van der Waals surface area contributed by atoms with Crippen LogP contribution in [0.4, 0.5) is 5.69 Å². The van der Waals surface area contributed by atoms with Gasteiger partial charge >= 0.3 is 11.7 Å². The summed E-state index contributed by atoms with van der Waals surface area (Å²) < 4.78 is 5.77. The summed E-state index contributed by atoms with van der Waals surface area (Å²) in [6, 6.07) is 3.65. The maximum atomic E-state index is 11.1. The van der Waals surface area contributed by atoms with Crippen molar-refractivity contribution < 1.29 is 19.6 Å². The van der Waals surface area contributed by atoms with E-state index in [1.807, 2.05) is 0 Å². The van der Waals surface area contributed by atoms with Gasteiger partial charge in [0.1, 0.15) is 0 Å². The molecular formula is C15H19NO5. The highest BCUT2D eigenvalue weighted by Crippen LogP contribution is 2.35. The van der Waals surface area contributed by atoms with E-state index in [1.54, 1.807) is 0 Å². The first kappa shape index (κ1) is 15.3. The fraction of sp³-hybridized carbons (Fsp3) is 0.533. The lowest BCUT2D eigenvalue weighted by atomic mass is 9.82. The molecule has 0 saturated heterocycles. The number of nitrogens with zero attached hydrogens (tertiary/aromatic N) is 1. The summed E-state index contributed by atoms with van der Waals surface area (Å²) in [7, 11) is 0. The Morgan fingerprint density at radius 1 is 1.29 bits per heavy atom. The number of benzene rings is 1. The highest BCUT2D eigenvalue weighted by Gasteiger charge is 2.28. The number of nitro groups is 1. The number of hydrogen-bond acceptors (Lipinski definition) is 4. The summed E-state index contributed by atoms with van der Waals surface area (Å²) in [6.07, 6.45) is 2.68. The maximum Gasteiger partial charge on any atom is 0.335 e. The number of aromatic carboxylic acids is 1. The Hall–Kier alpha value is -2.11. The van der Waals surface area contributed by atoms with Crippen LogP contribution in [0.2, 0.25) is 0 Å². The Bertz CT molecular complexity index is 547. The molecule has 2 unspecified atom stereocenters. The Kier molecular flexibility index (Phi) is 4.45. The first-order valence-electron chi connectivity index (χ1n) is 7.05. The van der Waals surface area contributed by atoms with Crippen LogP contribution in [0.5, 0.6) is 5.75 Å². The standard InChI is InChI=1S/C15H19NO5/c1-9-5-10(2)7-12(6-9)21-14-8-11(15(17)18)3-4-13(14)16(19)20/h3-4,8-10,12H,5-7H2,1-2H3,(H,17,18). The van der Waals surface area contributed by atoms with Crippen LogP contribution in [0.1, 0.15) is 43.5 Å². The fourth-order valence-electron chi connectivity index (χ4n) is 3.04. The minimum Gasteiger partial charge on any atom is -0.483 e. The average molecular weight is 293 g/mol. The molecule has 1 N–H and O–H groups in total. The average Bonchev–Trinajstić information content (AvgIpc) is 2.36. The quantitative estimate of drug-likeness (QED) is 0.677. The van der Waals surface area contributed by atoms with E-state index in [-0.39, 0.29) is 23.1 Å². The van der Waals surface area contributed by atoms with Crippen molar-refractivity contribution in [2.24, 2.45) is 11.8 Å². The van der Waals surface area contributed by atoms with Crippen molar-refractivity contribution in [1.29, 1.82) is 0 Å². The van der Waals surface area contributed by atoms with Gasteiger partial charge in [0.05, 0.1) is 16.6 Å². The van der Waals surface area contributed by atoms with E-state index in [4.69, 9.17) is 9.84 Å². The fourth-order valence-corrected chi connectivity index (χ4v) is 3.04. The summed E-state index contributed by atoms with van der Waals surface area (Å²) in [5, 5.41) is 20.1. The molecule has 6 heteroatoms. The molecule has 1 aliphatic carbocycles. The van der Waals surface area contributed by atoms with Gasteiger partial charge < -0.3 is 9.84 Å². The zero-order valence-electron chi connectivity index (χ0n) is 12.1.